The van der Waals surface area contributed by atoms with Gasteiger partial charge in [-0.05, 0) is 124 Å². The van der Waals surface area contributed by atoms with Crippen LogP contribution in [-0.4, -0.2) is 76.6 Å². The SMILES string of the molecule is CCOC(=O)N(CC(=O)O)c1cc(C)c(Oc2ccc(O)c(C(C)CC)c2)c(C)c1.CCOC(=O)N(CC(=O)O)c1cc(Cl)c(Oc2ccc(O)c(C(=O)c3ccc(Cl)s3)c2)c(Cl)c1. The molecule has 0 radical (unpaired) electrons. The summed E-state index contributed by atoms with van der Waals surface area (Å²) >= 11 is 19.6. The van der Waals surface area contributed by atoms with Crippen molar-refractivity contribution in [1.29, 1.82) is 0 Å². The molecule has 1 atom stereocenters. The van der Waals surface area contributed by atoms with Gasteiger partial charge in [-0.2, -0.15) is 0 Å². The van der Waals surface area contributed by atoms with E-state index in [1.165, 1.54) is 30.3 Å². The Morgan fingerprint density at radius 1 is 0.656 bits per heavy atom. The van der Waals surface area contributed by atoms with E-state index in [0.29, 0.717) is 26.4 Å². The number of nitrogens with zero attached hydrogens (tertiary/aromatic N) is 2. The van der Waals surface area contributed by atoms with Crippen LogP contribution in [0.3, 0.4) is 0 Å². The minimum Gasteiger partial charge on any atom is -0.508 e. The molecule has 0 fully saturated rings. The van der Waals surface area contributed by atoms with E-state index in [-0.39, 0.29) is 63.4 Å². The summed E-state index contributed by atoms with van der Waals surface area (Å²) in [7, 11) is 0. The zero-order chi connectivity index (χ0) is 47.4. The number of benzene rings is 4. The lowest BCUT2D eigenvalue weighted by molar-refractivity contribution is -0.136. The van der Waals surface area contributed by atoms with E-state index >= 15 is 0 Å². The molecule has 1 heterocycles. The predicted molar refractivity (Wildman–Crippen MR) is 244 cm³/mol. The fourth-order valence-corrected chi connectivity index (χ4v) is 7.57. The van der Waals surface area contributed by atoms with E-state index < -0.39 is 43.0 Å². The van der Waals surface area contributed by atoms with E-state index in [0.717, 1.165) is 44.2 Å². The van der Waals surface area contributed by atoms with E-state index in [1.54, 1.807) is 50.2 Å². The fourth-order valence-electron chi connectivity index (χ4n) is 6.02. The molecule has 1 aromatic heterocycles. The molecule has 4 aromatic carbocycles. The van der Waals surface area contributed by atoms with Crippen LogP contribution < -0.4 is 19.3 Å². The Labute approximate surface area is 387 Å². The molecule has 15 nitrogen and oxygen atoms in total. The van der Waals surface area contributed by atoms with Gasteiger partial charge < -0.3 is 39.4 Å². The molecule has 0 aliphatic heterocycles. The Kier molecular flexibility index (Phi) is 18.1. The smallest absolute Gasteiger partial charge is 0.414 e. The topological polar surface area (TPSA) is 210 Å². The van der Waals surface area contributed by atoms with Gasteiger partial charge in [0.25, 0.3) is 0 Å². The molecule has 5 rings (SSSR count). The summed E-state index contributed by atoms with van der Waals surface area (Å²) in [6.07, 6.45) is -0.720. The van der Waals surface area contributed by atoms with Crippen molar-refractivity contribution in [2.24, 2.45) is 0 Å². The Balaban J connectivity index is 0.000000283. The quantitative estimate of drug-likeness (QED) is 0.0679. The number of thiophene rings is 1. The maximum atomic E-state index is 12.7. The summed E-state index contributed by atoms with van der Waals surface area (Å²) in [6.45, 7) is 9.99. The zero-order valence-electron chi connectivity index (χ0n) is 35.4. The molecule has 2 amide bonds. The summed E-state index contributed by atoms with van der Waals surface area (Å²) in [5.41, 5.74) is 2.78. The van der Waals surface area contributed by atoms with Gasteiger partial charge in [-0.1, -0.05) is 48.7 Å². The number of phenols is 2. The number of phenolic OH excluding ortho intramolecular Hbond substituents is 2. The Morgan fingerprint density at radius 2 is 1.14 bits per heavy atom. The van der Waals surface area contributed by atoms with Crippen LogP contribution in [0.2, 0.25) is 14.4 Å². The van der Waals surface area contributed by atoms with Crippen molar-refractivity contribution in [3.05, 3.63) is 114 Å². The number of carbonyl (C=O) groups excluding carboxylic acids is 3. The predicted octanol–water partition coefficient (Wildman–Crippen LogP) is 11.8. The lowest BCUT2D eigenvalue weighted by Gasteiger charge is -2.22. The molecule has 340 valence electrons. The molecule has 5 aromatic rings. The standard InChI is InChI=1S/C23H29NO6.C22H16Cl3NO7S/c1-6-14(3)19-12-18(8-9-20(19)25)30-22-15(4)10-17(11-16(22)5)24(13-21(26)27)23(28)29-7-2;1-2-32-22(31)26(10-19(28)29)11-7-14(23)21(15(24)8-11)33-12-3-4-16(27)13(9-12)20(30)17-5-6-18(25)34-17/h8-12,14,25H,6-7,13H2,1-5H3,(H,26,27);3-9,27H,2,10H2,1H3,(H,28,29). The molecule has 0 aliphatic carbocycles. The van der Waals surface area contributed by atoms with Gasteiger partial charge in [-0.25, -0.2) is 9.59 Å². The first kappa shape index (κ1) is 50.4. The molecule has 0 aliphatic rings. The number of ketones is 1. The first-order valence-electron chi connectivity index (χ1n) is 19.5. The molecular formula is C45H45Cl3N2O13S. The van der Waals surface area contributed by atoms with Crippen LogP contribution in [0.4, 0.5) is 21.0 Å². The monoisotopic (exact) mass is 958 g/mol. The minimum absolute atomic E-state index is 0.00512. The van der Waals surface area contributed by atoms with Crippen LogP contribution in [-0.2, 0) is 19.1 Å². The van der Waals surface area contributed by atoms with Crippen LogP contribution in [0.25, 0.3) is 0 Å². The van der Waals surface area contributed by atoms with E-state index in [1.807, 2.05) is 26.8 Å². The number of rotatable bonds is 16. The number of halogens is 3. The van der Waals surface area contributed by atoms with Gasteiger partial charge in [-0.3, -0.25) is 24.2 Å². The highest BCUT2D eigenvalue weighted by Gasteiger charge is 2.25. The van der Waals surface area contributed by atoms with Gasteiger partial charge in [0.1, 0.15) is 41.8 Å². The average molecular weight is 960 g/mol. The largest absolute Gasteiger partial charge is 0.508 e. The minimum atomic E-state index is -1.27. The molecule has 0 saturated heterocycles. The van der Waals surface area contributed by atoms with Gasteiger partial charge >= 0.3 is 24.1 Å². The Morgan fingerprint density at radius 3 is 1.61 bits per heavy atom. The van der Waals surface area contributed by atoms with E-state index in [4.69, 9.17) is 64.0 Å². The Bertz CT molecular complexity index is 2480. The van der Waals surface area contributed by atoms with Gasteiger partial charge in [0.05, 0.1) is 43.7 Å². The van der Waals surface area contributed by atoms with Crippen molar-refractivity contribution in [2.75, 3.05) is 36.1 Å². The highest BCUT2D eigenvalue weighted by atomic mass is 35.5. The highest BCUT2D eigenvalue weighted by molar-refractivity contribution is 7.18. The second kappa shape index (κ2) is 22.9. The third-order valence-electron chi connectivity index (χ3n) is 9.21. The van der Waals surface area contributed by atoms with Crippen molar-refractivity contribution < 1.29 is 63.3 Å². The number of hydrogen-bond acceptors (Lipinski definition) is 12. The number of amides is 2. The number of aromatic hydroxyl groups is 2. The van der Waals surface area contributed by atoms with Crippen molar-refractivity contribution in [3.63, 3.8) is 0 Å². The maximum Gasteiger partial charge on any atom is 0.414 e. The molecule has 0 bridgehead atoms. The average Bonchev–Trinajstić information content (AvgIpc) is 3.68. The van der Waals surface area contributed by atoms with Crippen molar-refractivity contribution in [2.45, 2.75) is 53.9 Å². The summed E-state index contributed by atoms with van der Waals surface area (Å²) < 4.78 is 22.2. The second-order valence-electron chi connectivity index (χ2n) is 13.9. The summed E-state index contributed by atoms with van der Waals surface area (Å²) in [4.78, 5) is 61.8. The van der Waals surface area contributed by atoms with Crippen molar-refractivity contribution in [1.82, 2.24) is 0 Å². The first-order chi connectivity index (χ1) is 30.3. The van der Waals surface area contributed by atoms with Crippen LogP contribution in [0.5, 0.6) is 34.5 Å². The van der Waals surface area contributed by atoms with Crippen molar-refractivity contribution in [3.8, 4) is 34.5 Å². The number of hydrogen-bond donors (Lipinski definition) is 4. The molecular weight excluding hydrogens is 915 g/mol. The number of ether oxygens (including phenoxy) is 4. The van der Waals surface area contributed by atoms with Gasteiger partial charge in [-0.15, -0.1) is 11.3 Å². The van der Waals surface area contributed by atoms with Crippen LogP contribution >= 0.6 is 46.1 Å². The number of anilines is 2. The number of carboxylic acid groups (broad SMARTS) is 2. The van der Waals surface area contributed by atoms with E-state index in [9.17, 15) is 34.2 Å². The number of carboxylic acids is 2. The van der Waals surface area contributed by atoms with Gasteiger partial charge in [0, 0.05) is 11.3 Å². The number of carbonyl (C=O) groups is 5. The zero-order valence-corrected chi connectivity index (χ0v) is 38.5. The Hall–Kier alpha value is -6.20. The van der Waals surface area contributed by atoms with E-state index in [2.05, 4.69) is 6.92 Å². The summed E-state index contributed by atoms with van der Waals surface area (Å²) in [5, 5.41) is 38.5. The van der Waals surface area contributed by atoms with Gasteiger partial charge in [0.15, 0.2) is 5.75 Å². The van der Waals surface area contributed by atoms with Crippen LogP contribution in [0.15, 0.2) is 72.8 Å². The summed E-state index contributed by atoms with van der Waals surface area (Å²) in [5.74, 6) is -1.35. The lowest BCUT2D eigenvalue weighted by atomic mass is 9.97. The molecule has 0 spiro atoms. The second-order valence-corrected chi connectivity index (χ2v) is 16.4. The fraction of sp³-hybridized carbons (Fsp3) is 0.267. The lowest BCUT2D eigenvalue weighted by Crippen LogP contribution is -2.36. The first-order valence-corrected chi connectivity index (χ1v) is 21.5. The van der Waals surface area contributed by atoms with Crippen molar-refractivity contribution >= 4 is 87.4 Å². The molecule has 64 heavy (non-hydrogen) atoms. The molecule has 0 saturated carbocycles. The maximum absolute atomic E-state index is 12.7. The summed E-state index contributed by atoms with van der Waals surface area (Å²) in [6, 6.07) is 18.2. The molecule has 19 heteroatoms. The molecule has 1 unspecified atom stereocenters. The van der Waals surface area contributed by atoms with Gasteiger partial charge in [0.2, 0.25) is 5.78 Å². The van der Waals surface area contributed by atoms with Crippen LogP contribution in [0, 0.1) is 13.8 Å². The number of aliphatic carboxylic acids is 2. The molecule has 4 N–H and O–H groups in total. The normalized spacial score (nSPS) is 11.1. The highest BCUT2D eigenvalue weighted by Crippen LogP contribution is 2.42. The third-order valence-corrected chi connectivity index (χ3v) is 11.0. The third kappa shape index (κ3) is 13.2. The number of aryl methyl sites for hydroxylation is 2. The van der Waals surface area contributed by atoms with Crippen LogP contribution in [0.1, 0.15) is 72.0 Å².